The fourth-order valence-electron chi connectivity index (χ4n) is 3.24. The molecular formula is C17H23N3. The molecule has 0 aliphatic heterocycles. The van der Waals surface area contributed by atoms with Gasteiger partial charge in [-0.25, -0.2) is 4.98 Å². The van der Waals surface area contributed by atoms with Crippen LogP contribution < -0.4 is 10.2 Å². The smallest absolute Gasteiger partial charge is 0.136 e. The molecule has 0 amide bonds. The zero-order valence-corrected chi connectivity index (χ0v) is 12.4. The first-order valence-electron chi connectivity index (χ1n) is 7.55. The Morgan fingerprint density at radius 1 is 1.25 bits per heavy atom. The minimum atomic E-state index is 0.649. The summed E-state index contributed by atoms with van der Waals surface area (Å²) in [6.45, 7) is 0.816. The molecule has 1 aromatic carbocycles. The van der Waals surface area contributed by atoms with Crippen molar-refractivity contribution in [3.05, 3.63) is 36.0 Å². The van der Waals surface area contributed by atoms with Gasteiger partial charge in [-0.2, -0.15) is 0 Å². The van der Waals surface area contributed by atoms with E-state index in [2.05, 4.69) is 47.6 Å². The van der Waals surface area contributed by atoms with Gasteiger partial charge in [-0.15, -0.1) is 0 Å². The van der Waals surface area contributed by atoms with E-state index in [-0.39, 0.29) is 0 Å². The first-order valence-corrected chi connectivity index (χ1v) is 7.55. The van der Waals surface area contributed by atoms with Crippen LogP contribution in [0.4, 0.5) is 5.82 Å². The van der Waals surface area contributed by atoms with E-state index >= 15 is 0 Å². The Bertz CT molecular complexity index is 588. The summed E-state index contributed by atoms with van der Waals surface area (Å²) in [4.78, 5) is 7.30. The molecule has 0 saturated heterocycles. The molecule has 1 fully saturated rings. The van der Waals surface area contributed by atoms with Gasteiger partial charge in [-0.05, 0) is 31.3 Å². The van der Waals surface area contributed by atoms with Gasteiger partial charge in [0.1, 0.15) is 5.82 Å². The maximum Gasteiger partial charge on any atom is 0.136 e. The second kappa shape index (κ2) is 5.80. The fourth-order valence-corrected chi connectivity index (χ4v) is 3.24. The van der Waals surface area contributed by atoms with Crippen LogP contribution in [-0.2, 0) is 6.54 Å². The van der Waals surface area contributed by atoms with Crippen molar-refractivity contribution in [2.24, 2.45) is 0 Å². The van der Waals surface area contributed by atoms with Gasteiger partial charge in [0.2, 0.25) is 0 Å². The Kier molecular flexibility index (Phi) is 3.88. The van der Waals surface area contributed by atoms with Gasteiger partial charge in [-0.1, -0.05) is 37.1 Å². The van der Waals surface area contributed by atoms with Crippen molar-refractivity contribution in [3.8, 4) is 0 Å². The Hall–Kier alpha value is -1.61. The fraction of sp³-hybridized carbons (Fsp3) is 0.471. The number of aromatic nitrogens is 1. The number of fused-ring (bicyclic) bond motifs is 1. The number of hydrogen-bond acceptors (Lipinski definition) is 3. The highest BCUT2D eigenvalue weighted by Crippen LogP contribution is 2.31. The molecule has 1 heterocycles. The largest absolute Gasteiger partial charge is 0.356 e. The summed E-state index contributed by atoms with van der Waals surface area (Å²) in [5.41, 5.74) is 1.12. The molecule has 106 valence electrons. The number of nitrogens with one attached hydrogen (secondary N) is 1. The van der Waals surface area contributed by atoms with Crippen molar-refractivity contribution in [1.82, 2.24) is 10.3 Å². The van der Waals surface area contributed by atoms with E-state index in [1.54, 1.807) is 0 Å². The van der Waals surface area contributed by atoms with Crippen LogP contribution in [-0.4, -0.2) is 25.1 Å². The molecule has 1 aliphatic carbocycles. The van der Waals surface area contributed by atoms with Gasteiger partial charge >= 0.3 is 0 Å². The van der Waals surface area contributed by atoms with Crippen molar-refractivity contribution in [3.63, 3.8) is 0 Å². The Balaban J connectivity index is 2.06. The predicted molar refractivity (Wildman–Crippen MR) is 85.2 cm³/mol. The van der Waals surface area contributed by atoms with Crippen molar-refractivity contribution in [2.45, 2.75) is 38.3 Å². The second-order valence-electron chi connectivity index (χ2n) is 5.74. The number of pyridine rings is 1. The van der Waals surface area contributed by atoms with E-state index in [1.807, 2.05) is 7.05 Å². The first-order chi connectivity index (χ1) is 9.79. The summed E-state index contributed by atoms with van der Waals surface area (Å²) < 4.78 is 0. The maximum absolute atomic E-state index is 4.90. The van der Waals surface area contributed by atoms with Crippen molar-refractivity contribution in [2.75, 3.05) is 19.0 Å². The van der Waals surface area contributed by atoms with E-state index in [0.717, 1.165) is 18.1 Å². The lowest BCUT2D eigenvalue weighted by Crippen LogP contribution is -2.30. The van der Waals surface area contributed by atoms with Crippen LogP contribution in [0.15, 0.2) is 30.3 Å². The lowest BCUT2D eigenvalue weighted by molar-refractivity contribution is 0.646. The molecule has 20 heavy (non-hydrogen) atoms. The molecule has 0 bridgehead atoms. The standard InChI is InChI=1S/C17H23N3/c1-18-12-14-11-13-7-3-6-10-16(13)17(19-14)20(2)15-8-4-5-9-15/h3,6-7,10-11,15,18H,4-5,8-9,12H2,1-2H3. The van der Waals surface area contributed by atoms with E-state index in [1.165, 1.54) is 36.5 Å². The van der Waals surface area contributed by atoms with Crippen LogP contribution in [0.5, 0.6) is 0 Å². The van der Waals surface area contributed by atoms with Crippen LogP contribution in [0.3, 0.4) is 0 Å². The highest BCUT2D eigenvalue weighted by molar-refractivity contribution is 5.92. The highest BCUT2D eigenvalue weighted by Gasteiger charge is 2.22. The molecule has 1 saturated carbocycles. The number of anilines is 1. The van der Waals surface area contributed by atoms with Gasteiger partial charge in [0.05, 0.1) is 5.69 Å². The van der Waals surface area contributed by atoms with Crippen LogP contribution >= 0.6 is 0 Å². The quantitative estimate of drug-likeness (QED) is 0.922. The molecule has 2 aromatic rings. The average Bonchev–Trinajstić information content (AvgIpc) is 3.00. The topological polar surface area (TPSA) is 28.2 Å². The third-order valence-electron chi connectivity index (χ3n) is 4.34. The average molecular weight is 269 g/mol. The number of benzene rings is 1. The lowest BCUT2D eigenvalue weighted by Gasteiger charge is -2.27. The normalized spacial score (nSPS) is 15.9. The molecule has 1 aromatic heterocycles. The Morgan fingerprint density at radius 2 is 2.00 bits per heavy atom. The van der Waals surface area contributed by atoms with E-state index in [0.29, 0.717) is 6.04 Å². The van der Waals surface area contributed by atoms with Crippen molar-refractivity contribution < 1.29 is 0 Å². The molecule has 0 radical (unpaired) electrons. The maximum atomic E-state index is 4.90. The molecule has 0 spiro atoms. The van der Waals surface area contributed by atoms with Gasteiger partial charge in [0.25, 0.3) is 0 Å². The van der Waals surface area contributed by atoms with Gasteiger partial charge < -0.3 is 10.2 Å². The van der Waals surface area contributed by atoms with Crippen LogP contribution in [0.1, 0.15) is 31.4 Å². The summed E-state index contributed by atoms with van der Waals surface area (Å²) in [7, 11) is 4.17. The molecule has 3 nitrogen and oxygen atoms in total. The summed E-state index contributed by atoms with van der Waals surface area (Å²) in [6, 6.07) is 11.4. The molecular weight excluding hydrogens is 246 g/mol. The third-order valence-corrected chi connectivity index (χ3v) is 4.34. The van der Waals surface area contributed by atoms with Gasteiger partial charge in [-0.3, -0.25) is 0 Å². The minimum Gasteiger partial charge on any atom is -0.356 e. The number of rotatable bonds is 4. The van der Waals surface area contributed by atoms with Crippen LogP contribution in [0, 0.1) is 0 Å². The predicted octanol–water partition coefficient (Wildman–Crippen LogP) is 3.33. The Labute approximate surface area is 121 Å². The summed E-state index contributed by atoms with van der Waals surface area (Å²) in [5.74, 6) is 1.14. The molecule has 1 aliphatic rings. The first kappa shape index (κ1) is 13.4. The monoisotopic (exact) mass is 269 g/mol. The van der Waals surface area contributed by atoms with E-state index in [9.17, 15) is 0 Å². The highest BCUT2D eigenvalue weighted by atomic mass is 15.2. The third kappa shape index (κ3) is 2.50. The molecule has 0 unspecified atom stereocenters. The SMILES string of the molecule is CNCc1cc2ccccc2c(N(C)C2CCCC2)n1. The van der Waals surface area contributed by atoms with Crippen LogP contribution in [0.25, 0.3) is 10.8 Å². The number of nitrogens with zero attached hydrogens (tertiary/aromatic N) is 2. The zero-order valence-electron chi connectivity index (χ0n) is 12.4. The zero-order chi connectivity index (χ0) is 13.9. The molecule has 3 rings (SSSR count). The minimum absolute atomic E-state index is 0.649. The Morgan fingerprint density at radius 3 is 2.75 bits per heavy atom. The molecule has 1 N–H and O–H groups in total. The van der Waals surface area contributed by atoms with Crippen molar-refractivity contribution >= 4 is 16.6 Å². The van der Waals surface area contributed by atoms with E-state index in [4.69, 9.17) is 4.98 Å². The molecule has 3 heteroatoms. The van der Waals surface area contributed by atoms with Gasteiger partial charge in [0.15, 0.2) is 0 Å². The summed E-state index contributed by atoms with van der Waals surface area (Å²) >= 11 is 0. The van der Waals surface area contributed by atoms with Crippen LogP contribution in [0.2, 0.25) is 0 Å². The van der Waals surface area contributed by atoms with E-state index < -0.39 is 0 Å². The number of hydrogen-bond donors (Lipinski definition) is 1. The van der Waals surface area contributed by atoms with Crippen molar-refractivity contribution in [1.29, 1.82) is 0 Å². The summed E-state index contributed by atoms with van der Waals surface area (Å²) in [5, 5.41) is 5.75. The molecule has 0 atom stereocenters. The second-order valence-corrected chi connectivity index (χ2v) is 5.74. The van der Waals surface area contributed by atoms with Gasteiger partial charge in [0, 0.05) is 25.0 Å². The lowest BCUT2D eigenvalue weighted by atomic mass is 10.1. The summed E-state index contributed by atoms with van der Waals surface area (Å²) in [6.07, 6.45) is 5.29.